The van der Waals surface area contributed by atoms with Crippen LogP contribution >= 0.6 is 0 Å². The number of nitrogens with zero attached hydrogens (tertiary/aromatic N) is 1. The molecule has 0 bridgehead atoms. The molecule has 2 aromatic rings. The number of alkyl halides is 1. The fourth-order valence-corrected chi connectivity index (χ4v) is 6.67. The molecule has 1 fully saturated rings. The van der Waals surface area contributed by atoms with E-state index in [9.17, 15) is 17.2 Å². The van der Waals surface area contributed by atoms with Crippen LogP contribution in [0.4, 0.5) is 13.2 Å². The Morgan fingerprint density at radius 1 is 1.06 bits per heavy atom. The predicted octanol–water partition coefficient (Wildman–Crippen LogP) is 4.28. The van der Waals surface area contributed by atoms with Crippen LogP contribution in [0.2, 0.25) is 0 Å². The molecule has 1 atom stereocenters. The Balaban J connectivity index is 1.44. The van der Waals surface area contributed by atoms with Crippen LogP contribution in [-0.2, 0) is 22.8 Å². The maximum absolute atomic E-state index is 15.9. The Bertz CT molecular complexity index is 1120. The number of halogens is 3. The second-order valence-corrected chi connectivity index (χ2v) is 10.7. The van der Waals surface area contributed by atoms with Gasteiger partial charge in [-0.15, -0.1) is 0 Å². The number of rotatable bonds is 6. The van der Waals surface area contributed by atoms with Crippen LogP contribution < -0.4 is 9.47 Å². The second-order valence-electron chi connectivity index (χ2n) is 8.54. The highest BCUT2D eigenvalue weighted by atomic mass is 32.2. The van der Waals surface area contributed by atoms with E-state index in [-0.39, 0.29) is 41.5 Å². The van der Waals surface area contributed by atoms with Crippen LogP contribution in [0.5, 0.6) is 11.5 Å². The number of hydrogen-bond donors (Lipinski definition) is 0. The molecule has 0 spiro atoms. The van der Waals surface area contributed by atoms with Crippen LogP contribution in [0.15, 0.2) is 35.2 Å². The lowest BCUT2D eigenvalue weighted by molar-refractivity contribution is 0.135. The predicted molar refractivity (Wildman–Crippen MR) is 113 cm³/mol. The summed E-state index contributed by atoms with van der Waals surface area (Å²) in [5.74, 6) is -0.464. The van der Waals surface area contributed by atoms with Gasteiger partial charge in [-0.3, -0.25) is 4.90 Å². The van der Waals surface area contributed by atoms with Gasteiger partial charge in [0.2, 0.25) is 14.8 Å². The summed E-state index contributed by atoms with van der Waals surface area (Å²) >= 11 is 0. The molecule has 0 radical (unpaired) electrons. The first-order chi connectivity index (χ1) is 15.2. The van der Waals surface area contributed by atoms with Gasteiger partial charge in [-0.1, -0.05) is 0 Å². The van der Waals surface area contributed by atoms with Gasteiger partial charge in [-0.2, -0.15) is 0 Å². The average Bonchev–Trinajstić information content (AvgIpc) is 2.95. The highest BCUT2D eigenvalue weighted by Crippen LogP contribution is 2.48. The Hall–Kier alpha value is -2.26. The van der Waals surface area contributed by atoms with Crippen LogP contribution in [-0.4, -0.2) is 45.6 Å². The summed E-state index contributed by atoms with van der Waals surface area (Å²) in [7, 11) is -1.34. The zero-order valence-electron chi connectivity index (χ0n) is 18.0. The number of fused-ring (bicyclic) bond motifs is 1. The number of methoxy groups -OCH3 is 2. The van der Waals surface area contributed by atoms with Crippen molar-refractivity contribution in [3.63, 3.8) is 0 Å². The highest BCUT2D eigenvalue weighted by Gasteiger charge is 2.53. The SMILES string of the molecule is COc1cc2c(cc1OC)S(=O)(=O)C(F)(CC1CCN(Cc3cc(F)ccc3F)CC1)C2. The number of hydrogen-bond acceptors (Lipinski definition) is 5. The van der Waals surface area contributed by atoms with E-state index in [1.165, 1.54) is 32.4 Å². The fraction of sp³-hybridized carbons (Fsp3) is 0.478. The maximum Gasteiger partial charge on any atom is 0.219 e. The smallest absolute Gasteiger partial charge is 0.219 e. The summed E-state index contributed by atoms with van der Waals surface area (Å²) in [6, 6.07) is 6.24. The van der Waals surface area contributed by atoms with Crippen LogP contribution in [0.25, 0.3) is 0 Å². The normalized spacial score (nSPS) is 23.2. The molecule has 1 unspecified atom stereocenters. The van der Waals surface area contributed by atoms with Gasteiger partial charge in [0.05, 0.1) is 19.1 Å². The van der Waals surface area contributed by atoms with Gasteiger partial charge < -0.3 is 9.47 Å². The molecule has 0 aromatic heterocycles. The number of benzene rings is 2. The molecule has 2 aromatic carbocycles. The lowest BCUT2D eigenvalue weighted by Crippen LogP contribution is -2.39. The highest BCUT2D eigenvalue weighted by molar-refractivity contribution is 7.93. The topological polar surface area (TPSA) is 55.8 Å². The van der Waals surface area contributed by atoms with E-state index in [0.717, 1.165) is 12.1 Å². The Morgan fingerprint density at radius 2 is 1.72 bits per heavy atom. The van der Waals surface area contributed by atoms with Gasteiger partial charge in [0.25, 0.3) is 0 Å². The van der Waals surface area contributed by atoms with Gasteiger partial charge in [-0.25, -0.2) is 21.6 Å². The first kappa shape index (κ1) is 22.9. The molecule has 0 amide bonds. The van der Waals surface area contributed by atoms with Crippen molar-refractivity contribution in [3.8, 4) is 11.5 Å². The van der Waals surface area contributed by atoms with E-state index in [0.29, 0.717) is 37.2 Å². The van der Waals surface area contributed by atoms with Gasteiger partial charge >= 0.3 is 0 Å². The van der Waals surface area contributed by atoms with Crippen molar-refractivity contribution in [3.05, 3.63) is 53.1 Å². The Labute approximate surface area is 186 Å². The minimum atomic E-state index is -4.18. The van der Waals surface area contributed by atoms with Crippen LogP contribution in [0.1, 0.15) is 30.4 Å². The number of sulfone groups is 1. The van der Waals surface area contributed by atoms with E-state index in [1.807, 2.05) is 4.90 Å². The molecule has 0 saturated carbocycles. The van der Waals surface area contributed by atoms with Crippen molar-refractivity contribution in [1.29, 1.82) is 0 Å². The first-order valence-corrected chi connectivity index (χ1v) is 12.0. The molecule has 32 heavy (non-hydrogen) atoms. The lowest BCUT2D eigenvalue weighted by atomic mass is 9.89. The molecule has 0 N–H and O–H groups in total. The van der Waals surface area contributed by atoms with Crippen molar-refractivity contribution in [1.82, 2.24) is 4.90 Å². The molecule has 2 aliphatic heterocycles. The molecule has 1 saturated heterocycles. The minimum Gasteiger partial charge on any atom is -0.493 e. The third-order valence-corrected chi connectivity index (χ3v) is 8.73. The second kappa shape index (κ2) is 8.59. The summed E-state index contributed by atoms with van der Waals surface area (Å²) in [5, 5.41) is -2.38. The van der Waals surface area contributed by atoms with Crippen LogP contribution in [0.3, 0.4) is 0 Å². The van der Waals surface area contributed by atoms with Crippen molar-refractivity contribution in [2.24, 2.45) is 5.92 Å². The number of piperidine rings is 1. The Kier molecular flexibility index (Phi) is 6.15. The summed E-state index contributed by atoms with van der Waals surface area (Å²) in [4.78, 5) is 1.93. The molecule has 174 valence electrons. The largest absolute Gasteiger partial charge is 0.493 e. The lowest BCUT2D eigenvalue weighted by Gasteiger charge is -2.34. The van der Waals surface area contributed by atoms with E-state index >= 15 is 4.39 Å². The number of likely N-dealkylation sites (tertiary alicyclic amines) is 1. The molecule has 2 heterocycles. The van der Waals surface area contributed by atoms with Crippen molar-refractivity contribution in [2.75, 3.05) is 27.3 Å². The molecule has 0 aliphatic carbocycles. The van der Waals surface area contributed by atoms with Gasteiger partial charge in [-0.05, 0) is 68.1 Å². The van der Waals surface area contributed by atoms with Gasteiger partial charge in [0.15, 0.2) is 11.5 Å². The van der Waals surface area contributed by atoms with E-state index in [2.05, 4.69) is 0 Å². The third kappa shape index (κ3) is 4.08. The van der Waals surface area contributed by atoms with Crippen molar-refractivity contribution >= 4 is 9.84 Å². The third-order valence-electron chi connectivity index (χ3n) is 6.49. The molecule has 2 aliphatic rings. The maximum atomic E-state index is 15.9. The molecule has 4 rings (SSSR count). The van der Waals surface area contributed by atoms with Crippen molar-refractivity contribution < 1.29 is 31.1 Å². The quantitative estimate of drug-likeness (QED) is 0.632. The van der Waals surface area contributed by atoms with Gasteiger partial charge in [0.1, 0.15) is 11.6 Å². The molecular formula is C23H26F3NO4S. The van der Waals surface area contributed by atoms with E-state index in [1.54, 1.807) is 0 Å². The molecule has 5 nitrogen and oxygen atoms in total. The molecule has 9 heteroatoms. The summed E-state index contributed by atoms with van der Waals surface area (Å²) < 4.78 is 79.8. The summed E-state index contributed by atoms with van der Waals surface area (Å²) in [6.07, 6.45) is 0.846. The van der Waals surface area contributed by atoms with Crippen molar-refractivity contribution in [2.45, 2.75) is 42.1 Å². The summed E-state index contributed by atoms with van der Waals surface area (Å²) in [5.41, 5.74) is 0.672. The van der Waals surface area contributed by atoms with Gasteiger partial charge in [0, 0.05) is 24.6 Å². The minimum absolute atomic E-state index is 0.0448. The van der Waals surface area contributed by atoms with E-state index in [4.69, 9.17) is 9.47 Å². The average molecular weight is 470 g/mol. The summed E-state index contributed by atoms with van der Waals surface area (Å²) in [6.45, 7) is 1.39. The zero-order chi connectivity index (χ0) is 23.1. The monoisotopic (exact) mass is 469 g/mol. The zero-order valence-corrected chi connectivity index (χ0v) is 18.9. The fourth-order valence-electron chi connectivity index (χ4n) is 4.73. The standard InChI is InChI=1S/C23H26F3NO4S/c1-30-20-10-16-13-23(26,32(28,29)22(16)11-21(20)31-2)12-15-5-7-27(8-6-15)14-17-9-18(24)3-4-19(17)25/h3-4,9-11,15H,5-8,12-14H2,1-2H3. The molecular weight excluding hydrogens is 443 g/mol. The number of ether oxygens (including phenoxy) is 2. The first-order valence-electron chi connectivity index (χ1n) is 10.5. The Morgan fingerprint density at radius 3 is 2.38 bits per heavy atom. The van der Waals surface area contributed by atoms with E-state index < -0.39 is 26.5 Å². The van der Waals surface area contributed by atoms with Crippen LogP contribution in [0, 0.1) is 17.6 Å².